The number of ether oxygens (including phenoxy) is 2. The largest absolute Gasteiger partial charge is 0.491 e. The summed E-state index contributed by atoms with van der Waals surface area (Å²) in [5.41, 5.74) is 1.92. The van der Waals surface area contributed by atoms with Gasteiger partial charge >= 0.3 is 5.97 Å². The summed E-state index contributed by atoms with van der Waals surface area (Å²) in [6.07, 6.45) is 0.149. The summed E-state index contributed by atoms with van der Waals surface area (Å²) in [5, 5.41) is 0. The molecule has 2 bridgehead atoms. The number of carbonyl (C=O) groups is 1. The van der Waals surface area contributed by atoms with E-state index in [2.05, 4.69) is 12.1 Å². The van der Waals surface area contributed by atoms with E-state index in [1.165, 1.54) is 5.56 Å². The Bertz CT molecular complexity index is 526. The van der Waals surface area contributed by atoms with Crippen molar-refractivity contribution in [2.75, 3.05) is 6.61 Å². The molecule has 0 aliphatic heterocycles. The highest BCUT2D eigenvalue weighted by atomic mass is 16.5. The van der Waals surface area contributed by atoms with Crippen molar-refractivity contribution in [3.05, 3.63) is 29.3 Å². The van der Waals surface area contributed by atoms with E-state index in [0.717, 1.165) is 11.3 Å². The Morgan fingerprint density at radius 2 is 1.90 bits per heavy atom. The molecule has 3 heteroatoms. The molecule has 2 aliphatic carbocycles. The molecular formula is C18H26O3. The molecule has 0 heterocycles. The first-order valence-corrected chi connectivity index (χ1v) is 7.71. The Hall–Kier alpha value is -1.51. The quantitative estimate of drug-likeness (QED) is 0.738. The van der Waals surface area contributed by atoms with Crippen molar-refractivity contribution in [3.63, 3.8) is 0 Å². The lowest BCUT2D eigenvalue weighted by molar-refractivity contribution is -0.156. The molecule has 116 valence electrons. The van der Waals surface area contributed by atoms with E-state index < -0.39 is 5.41 Å². The number of fused-ring (bicyclic) bond motifs is 2. The maximum absolute atomic E-state index is 12.2. The van der Waals surface area contributed by atoms with Gasteiger partial charge in [0.15, 0.2) is 0 Å². The maximum atomic E-state index is 12.2. The van der Waals surface area contributed by atoms with Crippen molar-refractivity contribution in [2.45, 2.75) is 53.6 Å². The second kappa shape index (κ2) is 5.70. The molecule has 0 spiro atoms. The summed E-state index contributed by atoms with van der Waals surface area (Å²) in [4.78, 5) is 12.2. The Kier molecular flexibility index (Phi) is 4.31. The molecule has 21 heavy (non-hydrogen) atoms. The van der Waals surface area contributed by atoms with Crippen molar-refractivity contribution in [2.24, 2.45) is 11.3 Å². The minimum Gasteiger partial charge on any atom is -0.491 e. The molecule has 0 radical (unpaired) electrons. The highest BCUT2D eigenvalue weighted by molar-refractivity contribution is 5.76. The van der Waals surface area contributed by atoms with E-state index in [0.29, 0.717) is 6.61 Å². The highest BCUT2D eigenvalue weighted by Gasteiger charge is 2.35. The molecule has 3 nitrogen and oxygen atoms in total. The van der Waals surface area contributed by atoms with Crippen molar-refractivity contribution in [3.8, 4) is 5.75 Å². The monoisotopic (exact) mass is 290 g/mol. The zero-order valence-corrected chi connectivity index (χ0v) is 13.9. The first-order valence-electron chi connectivity index (χ1n) is 7.71. The van der Waals surface area contributed by atoms with Crippen LogP contribution in [-0.2, 0) is 9.53 Å². The minimum atomic E-state index is -0.450. The van der Waals surface area contributed by atoms with Gasteiger partial charge in [-0.25, -0.2) is 0 Å². The summed E-state index contributed by atoms with van der Waals surface area (Å²) in [7, 11) is 0. The summed E-state index contributed by atoms with van der Waals surface area (Å²) in [5.74, 6) is 1.21. The zero-order chi connectivity index (χ0) is 15.8. The van der Waals surface area contributed by atoms with Crippen LogP contribution in [0, 0.1) is 11.3 Å². The lowest BCUT2D eigenvalue weighted by atomic mass is 9.79. The molecule has 1 aromatic rings. The molecule has 0 N–H and O–H groups in total. The van der Waals surface area contributed by atoms with Gasteiger partial charge < -0.3 is 9.47 Å². The molecule has 0 saturated heterocycles. The number of benzene rings is 1. The van der Waals surface area contributed by atoms with Gasteiger partial charge in [-0.1, -0.05) is 26.0 Å². The van der Waals surface area contributed by atoms with Crippen molar-refractivity contribution in [1.29, 1.82) is 0 Å². The fourth-order valence-electron chi connectivity index (χ4n) is 2.27. The van der Waals surface area contributed by atoms with Crippen LogP contribution in [0.4, 0.5) is 0 Å². The van der Waals surface area contributed by atoms with Crippen LogP contribution in [0.2, 0.25) is 0 Å². The van der Waals surface area contributed by atoms with Gasteiger partial charge in [0.2, 0.25) is 0 Å². The van der Waals surface area contributed by atoms with E-state index in [-0.39, 0.29) is 23.9 Å². The fraction of sp³-hybridized carbons (Fsp3) is 0.611. The van der Waals surface area contributed by atoms with Gasteiger partial charge in [-0.05, 0) is 45.2 Å². The maximum Gasteiger partial charge on any atom is 0.311 e. The topological polar surface area (TPSA) is 35.5 Å². The smallest absolute Gasteiger partial charge is 0.311 e. The molecular weight excluding hydrogens is 264 g/mol. The third-order valence-electron chi connectivity index (χ3n) is 4.52. The number of carbonyl (C=O) groups excluding carboxylic acids is 1. The molecule has 0 unspecified atom stereocenters. The summed E-state index contributed by atoms with van der Waals surface area (Å²) in [6, 6.07) is 6.17. The normalized spacial score (nSPS) is 16.9. The SMILES string of the molecule is CC(C)Oc1ccc2cc1[C@@H]2COC(=O)C(C)(C)C(C)C. The fourth-order valence-corrected chi connectivity index (χ4v) is 2.27. The molecule has 2 aliphatic rings. The lowest BCUT2D eigenvalue weighted by Crippen LogP contribution is -2.33. The van der Waals surface area contributed by atoms with Crippen LogP contribution in [-0.4, -0.2) is 18.7 Å². The van der Waals surface area contributed by atoms with Crippen LogP contribution in [0.3, 0.4) is 0 Å². The Labute approximate surface area is 127 Å². The molecule has 0 amide bonds. The number of esters is 1. The van der Waals surface area contributed by atoms with Gasteiger partial charge in [0.25, 0.3) is 0 Å². The summed E-state index contributed by atoms with van der Waals surface area (Å²) in [6.45, 7) is 12.4. The first kappa shape index (κ1) is 15.9. The van der Waals surface area contributed by atoms with Gasteiger partial charge in [-0.2, -0.15) is 0 Å². The van der Waals surface area contributed by atoms with E-state index in [1.54, 1.807) is 0 Å². The van der Waals surface area contributed by atoms with Crippen LogP contribution in [0.25, 0.3) is 0 Å². The third kappa shape index (κ3) is 3.07. The van der Waals surface area contributed by atoms with E-state index in [4.69, 9.17) is 9.47 Å². The molecule has 1 atom stereocenters. The van der Waals surface area contributed by atoms with Gasteiger partial charge in [0.05, 0.1) is 11.5 Å². The number of hydrogen-bond acceptors (Lipinski definition) is 3. The average Bonchev–Trinajstić information content (AvgIpc) is 2.37. The average molecular weight is 290 g/mol. The zero-order valence-electron chi connectivity index (χ0n) is 13.9. The van der Waals surface area contributed by atoms with Crippen LogP contribution in [0.5, 0.6) is 5.75 Å². The first-order chi connectivity index (χ1) is 9.73. The van der Waals surface area contributed by atoms with Crippen molar-refractivity contribution in [1.82, 2.24) is 0 Å². The van der Waals surface area contributed by atoms with E-state index >= 15 is 0 Å². The number of hydrogen-bond donors (Lipinski definition) is 0. The Morgan fingerprint density at radius 3 is 2.43 bits per heavy atom. The molecule has 0 saturated carbocycles. The molecule has 3 rings (SSSR count). The summed E-state index contributed by atoms with van der Waals surface area (Å²) < 4.78 is 11.3. The van der Waals surface area contributed by atoms with Gasteiger partial charge in [-0.15, -0.1) is 0 Å². The van der Waals surface area contributed by atoms with Crippen molar-refractivity contribution >= 4 is 5.97 Å². The van der Waals surface area contributed by atoms with Gasteiger partial charge in [0.1, 0.15) is 12.4 Å². The predicted molar refractivity (Wildman–Crippen MR) is 83.6 cm³/mol. The molecule has 1 aromatic carbocycles. The second-order valence-electron chi connectivity index (χ2n) is 6.99. The second-order valence-corrected chi connectivity index (χ2v) is 6.99. The Morgan fingerprint density at radius 1 is 1.24 bits per heavy atom. The highest BCUT2D eigenvalue weighted by Crippen LogP contribution is 2.42. The van der Waals surface area contributed by atoms with Gasteiger partial charge in [0, 0.05) is 11.5 Å². The van der Waals surface area contributed by atoms with Gasteiger partial charge in [-0.3, -0.25) is 4.79 Å². The minimum absolute atomic E-state index is 0.126. The molecule has 0 aromatic heterocycles. The summed E-state index contributed by atoms with van der Waals surface area (Å²) >= 11 is 0. The Balaban J connectivity index is 1.97. The van der Waals surface area contributed by atoms with E-state index in [9.17, 15) is 4.79 Å². The standard InChI is InChI=1S/C18H26O3/c1-11(2)18(5,6)17(19)20-10-15-13-7-8-16(14(15)9-13)21-12(3)4/h7-9,11-12,15H,10H2,1-6H3/t15-/m1/s1. The van der Waals surface area contributed by atoms with Crippen molar-refractivity contribution < 1.29 is 14.3 Å². The van der Waals surface area contributed by atoms with Crippen LogP contribution < -0.4 is 4.74 Å². The van der Waals surface area contributed by atoms with Crippen LogP contribution >= 0.6 is 0 Å². The van der Waals surface area contributed by atoms with Crippen LogP contribution in [0.15, 0.2) is 18.2 Å². The third-order valence-corrected chi connectivity index (χ3v) is 4.52. The van der Waals surface area contributed by atoms with Crippen LogP contribution in [0.1, 0.15) is 58.6 Å². The predicted octanol–water partition coefficient (Wildman–Crippen LogP) is 4.14. The molecule has 0 fully saturated rings. The lowest BCUT2D eigenvalue weighted by Gasteiger charge is -2.32. The van der Waals surface area contributed by atoms with E-state index in [1.807, 2.05) is 47.6 Å². The number of rotatable bonds is 6.